The third kappa shape index (κ3) is 6.08. The first-order valence-electron chi connectivity index (χ1n) is 6.23. The zero-order chi connectivity index (χ0) is 13.9. The summed E-state index contributed by atoms with van der Waals surface area (Å²) in [4.78, 5) is 11.6. The van der Waals surface area contributed by atoms with Crippen LogP contribution in [0, 0.1) is 0 Å². The largest absolute Gasteiger partial charge is 0.492 e. The van der Waals surface area contributed by atoms with Gasteiger partial charge in [-0.05, 0) is 19.1 Å². The highest BCUT2D eigenvalue weighted by atomic mass is 16.5. The molecule has 0 saturated heterocycles. The van der Waals surface area contributed by atoms with Gasteiger partial charge in [0, 0.05) is 6.54 Å². The maximum absolute atomic E-state index is 11.6. The molecule has 0 radical (unpaired) electrons. The van der Waals surface area contributed by atoms with Gasteiger partial charge in [0.25, 0.3) is 0 Å². The number of carbonyl (C=O) groups is 1. The van der Waals surface area contributed by atoms with Gasteiger partial charge < -0.3 is 25.2 Å². The van der Waals surface area contributed by atoms with Crippen molar-refractivity contribution in [3.8, 4) is 5.75 Å². The molecule has 0 aliphatic rings. The third-order valence-corrected chi connectivity index (χ3v) is 2.20. The Labute approximate surface area is 112 Å². The van der Waals surface area contributed by atoms with Gasteiger partial charge >= 0.3 is 6.03 Å². The van der Waals surface area contributed by atoms with Crippen LogP contribution >= 0.6 is 0 Å². The lowest BCUT2D eigenvalue weighted by Gasteiger charge is -2.12. The fourth-order valence-electron chi connectivity index (χ4n) is 1.42. The monoisotopic (exact) mass is 268 g/mol. The van der Waals surface area contributed by atoms with Crippen molar-refractivity contribution < 1.29 is 19.4 Å². The topological polar surface area (TPSA) is 79.8 Å². The molecule has 6 nitrogen and oxygen atoms in total. The molecule has 1 rings (SSSR count). The number of amides is 2. The fraction of sp³-hybridized carbons (Fsp3) is 0.462. The van der Waals surface area contributed by atoms with E-state index >= 15 is 0 Å². The van der Waals surface area contributed by atoms with Gasteiger partial charge in [0.2, 0.25) is 0 Å². The van der Waals surface area contributed by atoms with E-state index in [0.717, 1.165) is 0 Å². The van der Waals surface area contributed by atoms with Crippen molar-refractivity contribution in [3.63, 3.8) is 0 Å². The van der Waals surface area contributed by atoms with E-state index in [1.54, 1.807) is 12.1 Å². The lowest BCUT2D eigenvalue weighted by atomic mass is 10.3. The molecule has 0 fully saturated rings. The van der Waals surface area contributed by atoms with Crippen molar-refractivity contribution in [3.05, 3.63) is 24.3 Å². The van der Waals surface area contributed by atoms with Crippen molar-refractivity contribution in [1.29, 1.82) is 0 Å². The minimum Gasteiger partial charge on any atom is -0.492 e. The Morgan fingerprint density at radius 2 is 2.11 bits per heavy atom. The molecule has 0 spiro atoms. The summed E-state index contributed by atoms with van der Waals surface area (Å²) >= 11 is 0. The molecule has 106 valence electrons. The lowest BCUT2D eigenvalue weighted by molar-refractivity contribution is 0.0950. The molecule has 6 heteroatoms. The highest BCUT2D eigenvalue weighted by Gasteiger charge is 2.06. The smallest absolute Gasteiger partial charge is 0.319 e. The first kappa shape index (κ1) is 15.3. The Kier molecular flexibility index (Phi) is 7.38. The van der Waals surface area contributed by atoms with E-state index in [1.165, 1.54) is 0 Å². The molecular formula is C13H20N2O4. The Bertz CT molecular complexity index is 385. The average Bonchev–Trinajstić information content (AvgIpc) is 2.41. The molecule has 0 heterocycles. The number of aliphatic hydroxyl groups is 1. The van der Waals surface area contributed by atoms with Gasteiger partial charge in [-0.1, -0.05) is 12.1 Å². The average molecular weight is 268 g/mol. The lowest BCUT2D eigenvalue weighted by Crippen LogP contribution is -2.31. The van der Waals surface area contributed by atoms with Crippen molar-refractivity contribution in [2.75, 3.05) is 38.3 Å². The second-order valence-electron chi connectivity index (χ2n) is 3.65. The normalized spacial score (nSPS) is 10.0. The van der Waals surface area contributed by atoms with Gasteiger partial charge in [0.15, 0.2) is 0 Å². The fourth-order valence-corrected chi connectivity index (χ4v) is 1.42. The zero-order valence-electron chi connectivity index (χ0n) is 11.0. The minimum atomic E-state index is -0.320. The quantitative estimate of drug-likeness (QED) is 0.619. The van der Waals surface area contributed by atoms with Gasteiger partial charge in [0.1, 0.15) is 5.75 Å². The maximum Gasteiger partial charge on any atom is 0.319 e. The number of anilines is 1. The van der Waals surface area contributed by atoms with Gasteiger partial charge in [-0.3, -0.25) is 0 Å². The molecule has 19 heavy (non-hydrogen) atoms. The van der Waals surface area contributed by atoms with E-state index in [9.17, 15) is 4.79 Å². The summed E-state index contributed by atoms with van der Waals surface area (Å²) in [5, 5.41) is 13.9. The summed E-state index contributed by atoms with van der Waals surface area (Å²) in [5.74, 6) is 0.636. The number of hydrogen-bond donors (Lipinski definition) is 3. The summed E-state index contributed by atoms with van der Waals surface area (Å²) in [6.07, 6.45) is 0. The van der Waals surface area contributed by atoms with Crippen molar-refractivity contribution >= 4 is 11.7 Å². The van der Waals surface area contributed by atoms with Crippen molar-refractivity contribution in [1.82, 2.24) is 5.32 Å². The highest BCUT2D eigenvalue weighted by Crippen LogP contribution is 2.23. The number of rotatable bonds is 8. The van der Waals surface area contributed by atoms with Crippen LogP contribution in [-0.4, -0.2) is 44.1 Å². The van der Waals surface area contributed by atoms with Crippen LogP contribution in [0.1, 0.15) is 6.92 Å². The highest BCUT2D eigenvalue weighted by molar-refractivity contribution is 5.90. The summed E-state index contributed by atoms with van der Waals surface area (Å²) < 4.78 is 10.4. The molecule has 1 aromatic rings. The number of nitrogens with one attached hydrogen (secondary N) is 2. The van der Waals surface area contributed by atoms with E-state index < -0.39 is 0 Å². The molecule has 0 aliphatic carbocycles. The second kappa shape index (κ2) is 9.18. The molecule has 0 saturated carbocycles. The number of para-hydroxylation sites is 2. The summed E-state index contributed by atoms with van der Waals surface area (Å²) in [6.45, 7) is 3.42. The third-order valence-electron chi connectivity index (χ3n) is 2.20. The molecule has 1 aromatic carbocycles. The molecule has 0 unspecified atom stereocenters. The van der Waals surface area contributed by atoms with Crippen LogP contribution in [0.2, 0.25) is 0 Å². The molecule has 0 atom stereocenters. The second-order valence-corrected chi connectivity index (χ2v) is 3.65. The van der Waals surface area contributed by atoms with Crippen LogP contribution in [0.3, 0.4) is 0 Å². The Balaban J connectivity index is 2.35. The van der Waals surface area contributed by atoms with Crippen LogP contribution in [-0.2, 0) is 4.74 Å². The SMILES string of the molecule is CCOc1ccccc1NC(=O)NCCOCCO. The molecule has 0 aliphatic heterocycles. The summed E-state index contributed by atoms with van der Waals surface area (Å²) in [5.41, 5.74) is 0.623. The predicted octanol–water partition coefficient (Wildman–Crippen LogP) is 1.22. The first-order valence-corrected chi connectivity index (χ1v) is 6.23. The predicted molar refractivity (Wildman–Crippen MR) is 72.5 cm³/mol. The maximum atomic E-state index is 11.6. The van der Waals surface area contributed by atoms with Gasteiger partial charge in [0.05, 0.1) is 32.1 Å². The van der Waals surface area contributed by atoms with E-state index in [1.807, 2.05) is 19.1 Å². The van der Waals surface area contributed by atoms with E-state index in [4.69, 9.17) is 14.6 Å². The summed E-state index contributed by atoms with van der Waals surface area (Å²) in [6, 6.07) is 6.91. The van der Waals surface area contributed by atoms with E-state index in [-0.39, 0.29) is 19.2 Å². The van der Waals surface area contributed by atoms with Gasteiger partial charge in [-0.25, -0.2) is 4.79 Å². The Morgan fingerprint density at radius 3 is 2.84 bits per heavy atom. The van der Waals surface area contributed by atoms with Crippen LogP contribution in [0.4, 0.5) is 10.5 Å². The Hall–Kier alpha value is -1.79. The van der Waals surface area contributed by atoms with Crippen LogP contribution in [0.25, 0.3) is 0 Å². The number of urea groups is 1. The standard InChI is InChI=1S/C13H20N2O4/c1-2-19-12-6-4-3-5-11(12)15-13(17)14-7-9-18-10-8-16/h3-6,16H,2,7-10H2,1H3,(H2,14,15,17). The van der Waals surface area contributed by atoms with Crippen LogP contribution < -0.4 is 15.4 Å². The zero-order valence-corrected chi connectivity index (χ0v) is 11.0. The van der Waals surface area contributed by atoms with Gasteiger partial charge in [-0.2, -0.15) is 0 Å². The van der Waals surface area contributed by atoms with E-state index in [2.05, 4.69) is 10.6 Å². The van der Waals surface area contributed by atoms with Gasteiger partial charge in [-0.15, -0.1) is 0 Å². The van der Waals surface area contributed by atoms with Crippen molar-refractivity contribution in [2.24, 2.45) is 0 Å². The first-order chi connectivity index (χ1) is 9.27. The number of hydrogen-bond acceptors (Lipinski definition) is 4. The van der Waals surface area contributed by atoms with Crippen LogP contribution in [0.15, 0.2) is 24.3 Å². The Morgan fingerprint density at radius 1 is 1.32 bits per heavy atom. The van der Waals surface area contributed by atoms with E-state index in [0.29, 0.717) is 31.2 Å². The van der Waals surface area contributed by atoms with Crippen molar-refractivity contribution in [2.45, 2.75) is 6.92 Å². The number of benzene rings is 1. The molecular weight excluding hydrogens is 248 g/mol. The molecule has 0 aromatic heterocycles. The van der Waals surface area contributed by atoms with Crippen LogP contribution in [0.5, 0.6) is 5.75 Å². The molecule has 3 N–H and O–H groups in total. The minimum absolute atomic E-state index is 0.0199. The number of ether oxygens (including phenoxy) is 2. The number of aliphatic hydroxyl groups excluding tert-OH is 1. The molecule has 0 bridgehead atoms. The summed E-state index contributed by atoms with van der Waals surface area (Å²) in [7, 11) is 0. The number of carbonyl (C=O) groups excluding carboxylic acids is 1. The molecule has 2 amide bonds.